The van der Waals surface area contributed by atoms with Crippen molar-refractivity contribution in [1.29, 1.82) is 0 Å². The first-order valence-corrected chi connectivity index (χ1v) is 7.17. The molecule has 1 fully saturated rings. The second kappa shape index (κ2) is 6.03. The van der Waals surface area contributed by atoms with Crippen LogP contribution < -0.4 is 5.32 Å². The molecule has 0 radical (unpaired) electrons. The molecule has 0 aliphatic carbocycles. The monoisotopic (exact) mass is 300 g/mol. The third-order valence-electron chi connectivity index (χ3n) is 3.62. The van der Waals surface area contributed by atoms with Gasteiger partial charge >= 0.3 is 0 Å². The third-order valence-corrected chi connectivity index (χ3v) is 4.04. The topological polar surface area (TPSA) is 28.4 Å². The Hall–Kier alpha value is -0.320. The van der Waals surface area contributed by atoms with E-state index in [9.17, 15) is 0 Å². The van der Waals surface area contributed by atoms with Crippen LogP contribution in [0.1, 0.15) is 38.0 Å². The molecule has 1 aromatic rings. The molecule has 0 amide bonds. The summed E-state index contributed by atoms with van der Waals surface area (Å²) in [4.78, 5) is 2.56. The van der Waals surface area contributed by atoms with Crippen LogP contribution >= 0.6 is 15.9 Å². The minimum atomic E-state index is 0.361. The number of hydrogen-bond acceptors (Lipinski definition) is 3. The smallest absolute Gasteiger partial charge is 0.169 e. The Bertz CT molecular complexity index is 351. The number of rotatable bonds is 4. The molecule has 1 N–H and O–H groups in total. The van der Waals surface area contributed by atoms with Crippen LogP contribution in [0.3, 0.4) is 0 Å². The Kier molecular flexibility index (Phi) is 4.65. The van der Waals surface area contributed by atoms with Crippen molar-refractivity contribution in [2.45, 2.75) is 38.3 Å². The molecule has 1 aliphatic heterocycles. The summed E-state index contributed by atoms with van der Waals surface area (Å²) < 4.78 is 6.50. The molecule has 96 valence electrons. The molecule has 2 heterocycles. The summed E-state index contributed by atoms with van der Waals surface area (Å²) in [6.07, 6.45) is 3.93. The zero-order valence-electron chi connectivity index (χ0n) is 10.6. The van der Waals surface area contributed by atoms with Gasteiger partial charge in [-0.1, -0.05) is 6.42 Å². The molecular formula is C13H21BrN2O. The molecule has 1 aliphatic rings. The van der Waals surface area contributed by atoms with Crippen molar-refractivity contribution in [3.63, 3.8) is 0 Å². The van der Waals surface area contributed by atoms with E-state index in [1.54, 1.807) is 0 Å². The molecule has 2 unspecified atom stereocenters. The summed E-state index contributed by atoms with van der Waals surface area (Å²) >= 11 is 3.37. The van der Waals surface area contributed by atoms with Crippen LogP contribution in [0.15, 0.2) is 21.2 Å². The zero-order valence-corrected chi connectivity index (χ0v) is 12.2. The molecule has 3 nitrogen and oxygen atoms in total. The van der Waals surface area contributed by atoms with E-state index >= 15 is 0 Å². The predicted octanol–water partition coefficient (Wildman–Crippen LogP) is 3.18. The van der Waals surface area contributed by atoms with Crippen molar-refractivity contribution < 1.29 is 4.42 Å². The molecular weight excluding hydrogens is 280 g/mol. The summed E-state index contributed by atoms with van der Waals surface area (Å²) in [5, 5.41) is 3.30. The van der Waals surface area contributed by atoms with Crippen molar-refractivity contribution in [1.82, 2.24) is 10.2 Å². The van der Waals surface area contributed by atoms with Crippen molar-refractivity contribution in [3.8, 4) is 0 Å². The average Bonchev–Trinajstić information content (AvgIpc) is 2.76. The van der Waals surface area contributed by atoms with Gasteiger partial charge < -0.3 is 9.73 Å². The Morgan fingerprint density at radius 3 is 3.00 bits per heavy atom. The molecule has 0 bridgehead atoms. The lowest BCUT2D eigenvalue weighted by atomic mass is 9.99. The van der Waals surface area contributed by atoms with E-state index in [0.717, 1.165) is 17.0 Å². The fraction of sp³-hybridized carbons (Fsp3) is 0.692. The molecule has 0 spiro atoms. The van der Waals surface area contributed by atoms with E-state index in [-0.39, 0.29) is 0 Å². The molecule has 2 atom stereocenters. The zero-order chi connectivity index (χ0) is 12.3. The lowest BCUT2D eigenvalue weighted by molar-refractivity contribution is 0.0910. The van der Waals surface area contributed by atoms with Crippen molar-refractivity contribution >= 4 is 15.9 Å². The number of furan rings is 1. The highest BCUT2D eigenvalue weighted by molar-refractivity contribution is 9.10. The molecule has 17 heavy (non-hydrogen) atoms. The van der Waals surface area contributed by atoms with Gasteiger partial charge in [0.05, 0.1) is 6.04 Å². The Morgan fingerprint density at radius 1 is 1.53 bits per heavy atom. The van der Waals surface area contributed by atoms with E-state index in [1.807, 2.05) is 13.1 Å². The van der Waals surface area contributed by atoms with Crippen LogP contribution in [0.2, 0.25) is 0 Å². The fourth-order valence-corrected chi connectivity index (χ4v) is 3.02. The van der Waals surface area contributed by atoms with E-state index in [0.29, 0.717) is 12.1 Å². The number of halogens is 1. The third kappa shape index (κ3) is 3.12. The summed E-state index contributed by atoms with van der Waals surface area (Å²) in [5.74, 6) is 1.06. The Labute approximate surface area is 112 Å². The van der Waals surface area contributed by atoms with Gasteiger partial charge in [-0.3, -0.25) is 4.90 Å². The van der Waals surface area contributed by atoms with E-state index in [4.69, 9.17) is 4.42 Å². The minimum absolute atomic E-state index is 0.361. The first-order chi connectivity index (χ1) is 8.22. The van der Waals surface area contributed by atoms with E-state index in [1.165, 1.54) is 25.8 Å². The van der Waals surface area contributed by atoms with Crippen LogP contribution in [0, 0.1) is 0 Å². The van der Waals surface area contributed by atoms with Gasteiger partial charge in [-0.15, -0.1) is 0 Å². The number of piperidine rings is 1. The fourth-order valence-electron chi connectivity index (χ4n) is 2.70. The maximum absolute atomic E-state index is 5.68. The van der Waals surface area contributed by atoms with Crippen LogP contribution in [0.5, 0.6) is 0 Å². The largest absolute Gasteiger partial charge is 0.453 e. The van der Waals surface area contributed by atoms with Gasteiger partial charge in [0.2, 0.25) is 0 Å². The van der Waals surface area contributed by atoms with Gasteiger partial charge in [0, 0.05) is 12.6 Å². The number of likely N-dealkylation sites (N-methyl/N-ethyl adjacent to an activating group) is 1. The van der Waals surface area contributed by atoms with Gasteiger partial charge in [-0.2, -0.15) is 0 Å². The highest BCUT2D eigenvalue weighted by Gasteiger charge is 2.28. The molecule has 0 aromatic carbocycles. The van der Waals surface area contributed by atoms with Crippen LogP contribution in [0.4, 0.5) is 0 Å². The average molecular weight is 301 g/mol. The Balaban J connectivity index is 2.07. The summed E-state index contributed by atoms with van der Waals surface area (Å²) in [6, 6.07) is 5.04. The quantitative estimate of drug-likeness (QED) is 0.926. The highest BCUT2D eigenvalue weighted by atomic mass is 79.9. The predicted molar refractivity (Wildman–Crippen MR) is 73.1 cm³/mol. The normalized spacial score (nSPS) is 23.8. The lowest BCUT2D eigenvalue weighted by Crippen LogP contribution is -2.45. The lowest BCUT2D eigenvalue weighted by Gasteiger charge is -2.39. The molecule has 1 aromatic heterocycles. The molecule has 0 saturated carbocycles. The van der Waals surface area contributed by atoms with E-state index in [2.05, 4.69) is 39.1 Å². The second-order valence-corrected chi connectivity index (χ2v) is 5.54. The Morgan fingerprint density at radius 2 is 2.35 bits per heavy atom. The highest BCUT2D eigenvalue weighted by Crippen LogP contribution is 2.30. The summed E-state index contributed by atoms with van der Waals surface area (Å²) in [7, 11) is 2.03. The van der Waals surface area contributed by atoms with Gasteiger partial charge in [-0.25, -0.2) is 0 Å². The molecule has 1 saturated heterocycles. The molecule has 4 heteroatoms. The molecule has 2 rings (SSSR count). The van der Waals surface area contributed by atoms with E-state index < -0.39 is 0 Å². The number of likely N-dealkylation sites (tertiary alicyclic amines) is 1. The number of hydrogen-bond donors (Lipinski definition) is 1. The minimum Gasteiger partial charge on any atom is -0.453 e. The van der Waals surface area contributed by atoms with Gasteiger partial charge in [0.15, 0.2) is 4.67 Å². The van der Waals surface area contributed by atoms with Crippen molar-refractivity contribution in [2.75, 3.05) is 20.1 Å². The first-order valence-electron chi connectivity index (χ1n) is 6.38. The maximum Gasteiger partial charge on any atom is 0.169 e. The van der Waals surface area contributed by atoms with Gasteiger partial charge in [-0.05, 0) is 61.4 Å². The van der Waals surface area contributed by atoms with Crippen molar-refractivity contribution in [2.24, 2.45) is 0 Å². The summed E-state index contributed by atoms with van der Waals surface area (Å²) in [6.45, 7) is 4.47. The first kappa shape index (κ1) is 13.1. The number of nitrogens with zero attached hydrogens (tertiary/aromatic N) is 1. The summed E-state index contributed by atoms with van der Waals surface area (Å²) in [5.41, 5.74) is 0. The van der Waals surface area contributed by atoms with Gasteiger partial charge in [0.25, 0.3) is 0 Å². The van der Waals surface area contributed by atoms with Crippen LogP contribution in [-0.4, -0.2) is 31.1 Å². The van der Waals surface area contributed by atoms with Crippen LogP contribution in [0.25, 0.3) is 0 Å². The standard InChI is InChI=1S/C13H21BrN2O/c1-10(12-6-7-13(14)17-12)16-8-4-3-5-11(16)9-15-2/h6-7,10-11,15H,3-5,8-9H2,1-2H3. The number of nitrogens with one attached hydrogen (secondary N) is 1. The maximum atomic E-state index is 5.68. The van der Waals surface area contributed by atoms with Crippen molar-refractivity contribution in [3.05, 3.63) is 22.6 Å². The van der Waals surface area contributed by atoms with Crippen LogP contribution in [-0.2, 0) is 0 Å². The second-order valence-electron chi connectivity index (χ2n) is 4.76. The van der Waals surface area contributed by atoms with Gasteiger partial charge in [0.1, 0.15) is 5.76 Å². The SMILES string of the molecule is CNCC1CCCCN1C(C)c1ccc(Br)o1.